The maximum absolute atomic E-state index is 6.59. The van der Waals surface area contributed by atoms with E-state index < -0.39 is 0 Å². The lowest BCUT2D eigenvalue weighted by Crippen LogP contribution is -2.58. The number of ether oxygens (including phenoxy) is 1. The van der Waals surface area contributed by atoms with Crippen molar-refractivity contribution in [1.82, 2.24) is 9.91 Å². The van der Waals surface area contributed by atoms with Crippen LogP contribution in [-0.4, -0.2) is 41.5 Å². The van der Waals surface area contributed by atoms with E-state index in [0.717, 1.165) is 65.0 Å². The summed E-state index contributed by atoms with van der Waals surface area (Å²) in [6.07, 6.45) is 2.70. The second kappa shape index (κ2) is 6.40. The lowest BCUT2D eigenvalue weighted by molar-refractivity contribution is -0.147. The van der Waals surface area contributed by atoms with Gasteiger partial charge in [0.1, 0.15) is 5.75 Å². The molecule has 27 heavy (non-hydrogen) atoms. The minimum atomic E-state index is -0.383. The topological polar surface area (TPSA) is 28.1 Å². The van der Waals surface area contributed by atoms with Gasteiger partial charge >= 0.3 is 0 Å². The van der Waals surface area contributed by atoms with Crippen molar-refractivity contribution in [3.8, 4) is 5.75 Å². The molecule has 2 aromatic rings. The average Bonchev–Trinajstić information content (AvgIpc) is 3.12. The third kappa shape index (κ3) is 2.91. The van der Waals surface area contributed by atoms with Crippen LogP contribution in [0.5, 0.6) is 5.75 Å². The van der Waals surface area contributed by atoms with Crippen molar-refractivity contribution in [3.63, 3.8) is 0 Å². The minimum absolute atomic E-state index is 0.154. The van der Waals surface area contributed by atoms with E-state index in [1.54, 1.807) is 0 Å². The van der Waals surface area contributed by atoms with E-state index in [9.17, 15) is 0 Å². The van der Waals surface area contributed by atoms with Crippen molar-refractivity contribution in [2.75, 3.05) is 20.1 Å². The van der Waals surface area contributed by atoms with Gasteiger partial charge in [-0.25, -0.2) is 5.01 Å². The molecule has 5 rings (SSSR count). The highest BCUT2D eigenvalue weighted by Crippen LogP contribution is 2.50. The second-order valence-corrected chi connectivity index (χ2v) is 8.52. The number of fused-ring (bicyclic) bond motifs is 4. The molecule has 4 nitrogen and oxygen atoms in total. The van der Waals surface area contributed by atoms with Crippen LogP contribution in [0.4, 0.5) is 0 Å². The quantitative estimate of drug-likeness (QED) is 0.675. The zero-order valence-corrected chi connectivity index (χ0v) is 16.7. The molecule has 1 atom stereocenters. The molecule has 0 aliphatic carbocycles. The monoisotopic (exact) mass is 401 g/mol. The first kappa shape index (κ1) is 17.4. The highest BCUT2D eigenvalue weighted by Gasteiger charge is 2.51. The van der Waals surface area contributed by atoms with Gasteiger partial charge in [-0.05, 0) is 42.9 Å². The Morgan fingerprint density at radius 3 is 2.48 bits per heavy atom. The van der Waals surface area contributed by atoms with Gasteiger partial charge in [-0.1, -0.05) is 35.3 Å². The molecule has 0 amide bonds. The van der Waals surface area contributed by atoms with E-state index in [2.05, 4.69) is 17.0 Å². The van der Waals surface area contributed by atoms with Gasteiger partial charge in [0, 0.05) is 48.0 Å². The minimum Gasteiger partial charge on any atom is -0.466 e. The molecule has 1 saturated heterocycles. The number of benzene rings is 2. The molecule has 140 valence electrons. The van der Waals surface area contributed by atoms with Crippen LogP contribution in [0.15, 0.2) is 47.6 Å². The Balaban J connectivity index is 1.58. The molecule has 3 aliphatic heterocycles. The highest BCUT2D eigenvalue weighted by atomic mass is 35.5. The summed E-state index contributed by atoms with van der Waals surface area (Å²) in [6, 6.07) is 14.0. The molecule has 0 unspecified atom stereocenters. The third-order valence-electron chi connectivity index (χ3n) is 5.90. The molecule has 0 aromatic heterocycles. The molecule has 0 saturated carbocycles. The van der Waals surface area contributed by atoms with Crippen LogP contribution < -0.4 is 4.74 Å². The number of nitrogens with zero attached hydrogens (tertiary/aromatic N) is 3. The molecule has 1 fully saturated rings. The Labute approximate surface area is 169 Å². The Morgan fingerprint density at radius 2 is 1.74 bits per heavy atom. The van der Waals surface area contributed by atoms with Gasteiger partial charge in [0.15, 0.2) is 0 Å². The van der Waals surface area contributed by atoms with Gasteiger partial charge in [0.05, 0.1) is 11.8 Å². The second-order valence-electron chi connectivity index (χ2n) is 7.65. The molecular formula is C21H21Cl2N3O. The lowest BCUT2D eigenvalue weighted by atomic mass is 9.91. The van der Waals surface area contributed by atoms with E-state index in [0.29, 0.717) is 0 Å². The summed E-state index contributed by atoms with van der Waals surface area (Å²) in [5.41, 5.74) is 2.93. The Bertz CT molecular complexity index is 904. The number of halogens is 2. The van der Waals surface area contributed by atoms with E-state index in [4.69, 9.17) is 33.0 Å². The highest BCUT2D eigenvalue weighted by molar-refractivity contribution is 6.31. The predicted molar refractivity (Wildman–Crippen MR) is 109 cm³/mol. The number of hydrazone groups is 1. The van der Waals surface area contributed by atoms with Crippen molar-refractivity contribution in [2.24, 2.45) is 5.10 Å². The lowest BCUT2D eigenvalue weighted by Gasteiger charge is -2.50. The van der Waals surface area contributed by atoms with Crippen LogP contribution in [-0.2, 0) is 0 Å². The molecule has 0 radical (unpaired) electrons. The first-order valence-corrected chi connectivity index (χ1v) is 10.1. The smallest absolute Gasteiger partial charge is 0.200 e. The number of hydrogen-bond donors (Lipinski definition) is 0. The summed E-state index contributed by atoms with van der Waals surface area (Å²) < 4.78 is 6.59. The maximum Gasteiger partial charge on any atom is 0.200 e. The van der Waals surface area contributed by atoms with Crippen molar-refractivity contribution >= 4 is 28.9 Å². The van der Waals surface area contributed by atoms with Gasteiger partial charge in [0.25, 0.3) is 0 Å². The van der Waals surface area contributed by atoms with Crippen LogP contribution in [0.25, 0.3) is 0 Å². The SMILES string of the molecule is CN1CCC2(CC1)Oc1ccc(Cl)cc1[C@@H]1CC(c3ccc(Cl)cc3)=NN12. The molecule has 0 bridgehead atoms. The van der Waals surface area contributed by atoms with E-state index >= 15 is 0 Å². The Kier molecular flexibility index (Phi) is 4.12. The van der Waals surface area contributed by atoms with Gasteiger partial charge in [0.2, 0.25) is 5.72 Å². The summed E-state index contributed by atoms with van der Waals surface area (Å²) in [4.78, 5) is 2.35. The molecule has 0 N–H and O–H groups in total. The summed E-state index contributed by atoms with van der Waals surface area (Å²) in [6.45, 7) is 2.00. The molecule has 6 heteroatoms. The van der Waals surface area contributed by atoms with Crippen LogP contribution >= 0.6 is 23.2 Å². The molecule has 2 aromatic carbocycles. The summed E-state index contributed by atoms with van der Waals surface area (Å²) in [5, 5.41) is 8.74. The number of piperidine rings is 1. The van der Waals surface area contributed by atoms with E-state index in [-0.39, 0.29) is 11.8 Å². The van der Waals surface area contributed by atoms with Crippen molar-refractivity contribution in [1.29, 1.82) is 0 Å². The maximum atomic E-state index is 6.59. The number of hydrogen-bond acceptors (Lipinski definition) is 4. The predicted octanol–water partition coefficient (Wildman–Crippen LogP) is 4.96. The Morgan fingerprint density at radius 1 is 1.04 bits per heavy atom. The van der Waals surface area contributed by atoms with Gasteiger partial charge < -0.3 is 9.64 Å². The fraction of sp³-hybridized carbons (Fsp3) is 0.381. The fourth-order valence-corrected chi connectivity index (χ4v) is 4.67. The van der Waals surface area contributed by atoms with E-state index in [1.165, 1.54) is 0 Å². The molecular weight excluding hydrogens is 381 g/mol. The van der Waals surface area contributed by atoms with Crippen molar-refractivity contribution < 1.29 is 4.74 Å². The van der Waals surface area contributed by atoms with Crippen LogP contribution in [0.2, 0.25) is 10.0 Å². The van der Waals surface area contributed by atoms with Crippen molar-refractivity contribution in [2.45, 2.75) is 31.0 Å². The molecule has 3 heterocycles. The van der Waals surface area contributed by atoms with Crippen LogP contribution in [0.3, 0.4) is 0 Å². The van der Waals surface area contributed by atoms with Gasteiger partial charge in [-0.3, -0.25) is 0 Å². The molecule has 1 spiro atoms. The zero-order chi connectivity index (χ0) is 18.6. The van der Waals surface area contributed by atoms with Gasteiger partial charge in [-0.2, -0.15) is 5.10 Å². The van der Waals surface area contributed by atoms with Crippen molar-refractivity contribution in [3.05, 3.63) is 63.6 Å². The normalized spacial score (nSPS) is 23.6. The molecule has 3 aliphatic rings. The van der Waals surface area contributed by atoms with Crippen LogP contribution in [0, 0.1) is 0 Å². The largest absolute Gasteiger partial charge is 0.466 e. The van der Waals surface area contributed by atoms with E-state index in [1.807, 2.05) is 42.5 Å². The average molecular weight is 402 g/mol. The third-order valence-corrected chi connectivity index (χ3v) is 6.39. The van der Waals surface area contributed by atoms with Gasteiger partial charge in [-0.15, -0.1) is 0 Å². The standard InChI is InChI=1S/C21H21Cl2N3O/c1-25-10-8-21(9-11-25)26-19(17-12-16(23)6-7-20(17)27-21)13-18(24-26)14-2-4-15(22)5-3-14/h2-7,12,19H,8-11,13H2,1H3/t19-/m0/s1. The first-order chi connectivity index (χ1) is 13.0. The summed E-state index contributed by atoms with van der Waals surface area (Å²) in [5.74, 6) is 0.942. The zero-order valence-electron chi connectivity index (χ0n) is 15.2. The fourth-order valence-electron chi connectivity index (χ4n) is 4.37. The van der Waals surface area contributed by atoms with Crippen LogP contribution in [0.1, 0.15) is 36.4 Å². The summed E-state index contributed by atoms with van der Waals surface area (Å²) in [7, 11) is 2.16. The Hall–Kier alpha value is -1.75. The summed E-state index contributed by atoms with van der Waals surface area (Å²) >= 11 is 12.4. The first-order valence-electron chi connectivity index (χ1n) is 9.34. The number of rotatable bonds is 1. The number of likely N-dealkylation sites (tertiary alicyclic amines) is 1.